The van der Waals surface area contributed by atoms with Crippen molar-refractivity contribution in [1.29, 1.82) is 0 Å². The van der Waals surface area contributed by atoms with Crippen molar-refractivity contribution in [2.45, 2.75) is 70.1 Å². The first kappa shape index (κ1) is 28.0. The van der Waals surface area contributed by atoms with Gasteiger partial charge >= 0.3 is 12.3 Å². The van der Waals surface area contributed by atoms with Crippen LogP contribution >= 0.6 is 0 Å². The van der Waals surface area contributed by atoms with Crippen molar-refractivity contribution >= 4 is 0 Å². The maximum Gasteiger partial charge on any atom is 0.426 e. The highest BCUT2D eigenvalue weighted by atomic mass is 19.4. The van der Waals surface area contributed by atoms with Gasteiger partial charge in [-0.25, -0.2) is 8.78 Å². The van der Waals surface area contributed by atoms with E-state index in [1.807, 2.05) is 0 Å². The van der Waals surface area contributed by atoms with Crippen LogP contribution < -0.4 is 4.74 Å². The van der Waals surface area contributed by atoms with Crippen LogP contribution in [0, 0.1) is 17.6 Å². The highest BCUT2D eigenvalue weighted by Crippen LogP contribution is 2.42. The topological polar surface area (TPSA) is 9.23 Å². The molecular weight excluding hydrogens is 509 g/mol. The number of rotatable bonds is 8. The lowest BCUT2D eigenvalue weighted by atomic mass is 9.77. The molecule has 0 spiro atoms. The van der Waals surface area contributed by atoms with E-state index in [9.17, 15) is 22.0 Å². The summed E-state index contributed by atoms with van der Waals surface area (Å²) in [7, 11) is 0. The summed E-state index contributed by atoms with van der Waals surface area (Å²) < 4.78 is 102. The maximum absolute atomic E-state index is 15.1. The third kappa shape index (κ3) is 6.33. The number of hydrogen-bond acceptors (Lipinski definition) is 1. The van der Waals surface area contributed by atoms with Gasteiger partial charge in [-0.15, -0.1) is 0 Å². The molecule has 0 atom stereocenters. The van der Waals surface area contributed by atoms with Crippen LogP contribution in [0.5, 0.6) is 5.75 Å². The molecule has 0 heterocycles. The Balaban J connectivity index is 1.51. The van der Waals surface area contributed by atoms with Crippen LogP contribution in [0.25, 0.3) is 11.1 Å². The summed E-state index contributed by atoms with van der Waals surface area (Å²) in [6.07, 6.45) is -1.08. The second-order valence-electron chi connectivity index (χ2n) is 9.91. The van der Waals surface area contributed by atoms with Gasteiger partial charge in [0.1, 0.15) is 22.9 Å². The Morgan fingerprint density at radius 2 is 1.42 bits per heavy atom. The number of ether oxygens (including phenoxy) is 1. The summed E-state index contributed by atoms with van der Waals surface area (Å²) >= 11 is 0. The number of para-hydroxylation sites is 1. The smallest absolute Gasteiger partial charge is 0.426 e. The summed E-state index contributed by atoms with van der Waals surface area (Å²) in [6, 6.07) is 12.1. The summed E-state index contributed by atoms with van der Waals surface area (Å²) in [5.74, 6) is -3.06. The van der Waals surface area contributed by atoms with Gasteiger partial charge in [-0.2, -0.15) is 22.0 Å². The molecule has 1 nitrogen and oxygen atoms in total. The molecule has 0 unspecified atom stereocenters. The van der Waals surface area contributed by atoms with Crippen molar-refractivity contribution in [2.24, 2.45) is 5.92 Å². The summed E-state index contributed by atoms with van der Waals surface area (Å²) in [6.45, 7) is 2.18. The zero-order chi connectivity index (χ0) is 27.5. The molecule has 204 valence electrons. The van der Waals surface area contributed by atoms with E-state index in [1.165, 1.54) is 55.7 Å². The normalized spacial score (nSPS) is 18.4. The Kier molecular flexibility index (Phi) is 8.38. The van der Waals surface area contributed by atoms with E-state index in [-0.39, 0.29) is 11.1 Å². The lowest BCUT2D eigenvalue weighted by Gasteiger charge is -2.29. The molecule has 4 rings (SSSR count). The molecule has 1 aliphatic rings. The predicted octanol–water partition coefficient (Wildman–Crippen LogP) is 10.2. The lowest BCUT2D eigenvalue weighted by molar-refractivity contribution is -0.185. The molecule has 8 heteroatoms. The SMILES string of the molecule is CCCCC1CCC(c2ccc(C(F)(F)Oc3ccccc3-c3cc(F)c(C(F)(F)F)c(F)c3)cc2)CC1. The van der Waals surface area contributed by atoms with Gasteiger partial charge in [0.05, 0.1) is 5.56 Å². The van der Waals surface area contributed by atoms with Crippen LogP contribution in [0.15, 0.2) is 60.7 Å². The molecule has 1 aliphatic carbocycles. The van der Waals surface area contributed by atoms with E-state index >= 15 is 8.78 Å². The highest BCUT2D eigenvalue weighted by Gasteiger charge is 2.39. The van der Waals surface area contributed by atoms with Crippen LogP contribution in [0.1, 0.15) is 74.5 Å². The number of benzene rings is 3. The summed E-state index contributed by atoms with van der Waals surface area (Å²) in [4.78, 5) is 0. The number of unbranched alkanes of at least 4 members (excludes halogenated alkanes) is 1. The summed E-state index contributed by atoms with van der Waals surface area (Å²) in [5, 5.41) is 0. The van der Waals surface area contributed by atoms with E-state index in [0.717, 1.165) is 37.2 Å². The summed E-state index contributed by atoms with van der Waals surface area (Å²) in [5.41, 5.74) is -1.98. The Bertz CT molecular complexity index is 1200. The quantitative estimate of drug-likeness (QED) is 0.259. The van der Waals surface area contributed by atoms with Crippen molar-refractivity contribution in [3.8, 4) is 16.9 Å². The van der Waals surface area contributed by atoms with E-state index in [1.54, 1.807) is 12.1 Å². The van der Waals surface area contributed by atoms with E-state index < -0.39 is 40.8 Å². The fourth-order valence-electron chi connectivity index (χ4n) is 5.22. The molecule has 0 saturated heterocycles. The van der Waals surface area contributed by atoms with Gasteiger partial charge in [-0.05, 0) is 79.0 Å². The van der Waals surface area contributed by atoms with Crippen molar-refractivity contribution in [3.63, 3.8) is 0 Å². The molecule has 38 heavy (non-hydrogen) atoms. The third-order valence-electron chi connectivity index (χ3n) is 7.29. The van der Waals surface area contributed by atoms with Crippen LogP contribution in [0.3, 0.4) is 0 Å². The monoisotopic (exact) mass is 538 g/mol. The van der Waals surface area contributed by atoms with Gasteiger partial charge in [0, 0.05) is 5.56 Å². The van der Waals surface area contributed by atoms with Gasteiger partial charge in [0.2, 0.25) is 0 Å². The molecule has 0 aromatic heterocycles. The van der Waals surface area contributed by atoms with E-state index in [0.29, 0.717) is 18.1 Å². The van der Waals surface area contributed by atoms with Gasteiger partial charge < -0.3 is 4.74 Å². The van der Waals surface area contributed by atoms with Crippen molar-refractivity contribution in [1.82, 2.24) is 0 Å². The van der Waals surface area contributed by atoms with Gasteiger partial charge in [-0.3, -0.25) is 0 Å². The Morgan fingerprint density at radius 1 is 0.816 bits per heavy atom. The van der Waals surface area contributed by atoms with Crippen LogP contribution in [-0.4, -0.2) is 0 Å². The minimum Gasteiger partial charge on any atom is -0.428 e. The standard InChI is InChI=1S/C30H29F7O/c1-2-3-6-19-9-11-20(12-10-19)21-13-15-23(16-14-21)30(36,37)38-27-8-5-4-7-24(27)22-17-25(31)28(26(32)18-22)29(33,34)35/h4-5,7-8,13-20H,2-3,6,9-12H2,1H3. The van der Waals surface area contributed by atoms with Crippen molar-refractivity contribution in [2.75, 3.05) is 0 Å². The first-order valence-corrected chi connectivity index (χ1v) is 12.8. The average molecular weight is 539 g/mol. The molecule has 3 aromatic rings. The highest BCUT2D eigenvalue weighted by molar-refractivity contribution is 5.71. The van der Waals surface area contributed by atoms with E-state index in [4.69, 9.17) is 4.74 Å². The number of hydrogen-bond donors (Lipinski definition) is 0. The maximum atomic E-state index is 15.1. The molecular formula is C30H29F7O. The second kappa shape index (κ2) is 11.4. The second-order valence-corrected chi connectivity index (χ2v) is 9.91. The molecule has 0 bridgehead atoms. The first-order chi connectivity index (χ1) is 18.0. The Labute approximate surface area is 217 Å². The minimum absolute atomic E-state index is 0.171. The van der Waals surface area contributed by atoms with Gasteiger partial charge in [0.15, 0.2) is 0 Å². The van der Waals surface area contributed by atoms with Gasteiger partial charge in [-0.1, -0.05) is 56.5 Å². The van der Waals surface area contributed by atoms with Crippen LogP contribution in [0.2, 0.25) is 0 Å². The number of alkyl halides is 5. The van der Waals surface area contributed by atoms with Gasteiger partial charge in [0.25, 0.3) is 0 Å². The molecule has 1 fully saturated rings. The third-order valence-corrected chi connectivity index (χ3v) is 7.29. The Morgan fingerprint density at radius 3 is 2.00 bits per heavy atom. The van der Waals surface area contributed by atoms with E-state index in [2.05, 4.69) is 6.92 Å². The molecule has 1 saturated carbocycles. The lowest BCUT2D eigenvalue weighted by Crippen LogP contribution is -2.22. The van der Waals surface area contributed by atoms with Crippen LogP contribution in [-0.2, 0) is 12.3 Å². The average Bonchev–Trinajstić information content (AvgIpc) is 2.87. The van der Waals surface area contributed by atoms with Crippen molar-refractivity contribution < 1.29 is 35.5 Å². The molecule has 0 aliphatic heterocycles. The number of halogens is 7. The fourth-order valence-corrected chi connectivity index (χ4v) is 5.22. The predicted molar refractivity (Wildman–Crippen MR) is 132 cm³/mol. The van der Waals surface area contributed by atoms with Crippen molar-refractivity contribution in [3.05, 3.63) is 89.0 Å². The Hall–Kier alpha value is -3.03. The zero-order valence-electron chi connectivity index (χ0n) is 20.9. The first-order valence-electron chi connectivity index (χ1n) is 12.8. The van der Waals surface area contributed by atoms with Crippen LogP contribution in [0.4, 0.5) is 30.7 Å². The fraction of sp³-hybridized carbons (Fsp3) is 0.400. The molecule has 0 radical (unpaired) electrons. The molecule has 0 amide bonds. The minimum atomic E-state index is -5.24. The zero-order valence-corrected chi connectivity index (χ0v) is 20.9. The molecule has 0 N–H and O–H groups in total. The molecule has 3 aromatic carbocycles. The largest absolute Gasteiger partial charge is 0.428 e.